The molecule has 0 radical (unpaired) electrons. The molecule has 3 heterocycles. The number of carbonyl (C=O) groups excluding carboxylic acids is 1. The lowest BCUT2D eigenvalue weighted by molar-refractivity contribution is -0.121. The quantitative estimate of drug-likeness (QED) is 0.700. The second kappa shape index (κ2) is 6.53. The molecule has 3 aromatic heterocycles. The minimum Gasteiger partial charge on any atom is -0.353 e. The Labute approximate surface area is 134 Å². The molecule has 9 heteroatoms. The molecule has 0 spiro atoms. The number of aromatic nitrogens is 4. The van der Waals surface area contributed by atoms with Crippen molar-refractivity contribution in [3.05, 3.63) is 56.8 Å². The van der Waals surface area contributed by atoms with Crippen molar-refractivity contribution in [2.75, 3.05) is 6.54 Å². The second-order valence-corrected chi connectivity index (χ2v) is 5.66. The maximum Gasteiger partial charge on any atom is 0.271 e. The lowest BCUT2D eigenvalue weighted by Crippen LogP contribution is -2.35. The summed E-state index contributed by atoms with van der Waals surface area (Å²) in [6.07, 6.45) is 2.91. The number of thiophene rings is 1. The highest BCUT2D eigenvalue weighted by atomic mass is 32.1. The number of fused-ring (bicyclic) bond motifs is 1. The van der Waals surface area contributed by atoms with Crippen molar-refractivity contribution in [2.45, 2.75) is 13.1 Å². The molecule has 0 fully saturated rings. The molecule has 23 heavy (non-hydrogen) atoms. The van der Waals surface area contributed by atoms with E-state index in [1.54, 1.807) is 6.07 Å². The molecule has 0 saturated heterocycles. The zero-order valence-corrected chi connectivity index (χ0v) is 12.8. The van der Waals surface area contributed by atoms with Crippen molar-refractivity contribution < 1.29 is 4.79 Å². The first-order valence-electron chi connectivity index (χ1n) is 6.86. The van der Waals surface area contributed by atoms with Crippen LogP contribution in [0.15, 0.2) is 45.7 Å². The second-order valence-electron chi connectivity index (χ2n) is 4.75. The van der Waals surface area contributed by atoms with Gasteiger partial charge in [0.2, 0.25) is 5.91 Å². The molecule has 3 aromatic rings. The average Bonchev–Trinajstić information content (AvgIpc) is 3.01. The molecule has 0 aliphatic carbocycles. The van der Waals surface area contributed by atoms with Crippen molar-refractivity contribution in [1.82, 2.24) is 24.6 Å². The summed E-state index contributed by atoms with van der Waals surface area (Å²) in [4.78, 5) is 39.6. The highest BCUT2D eigenvalue weighted by Crippen LogP contribution is 2.12. The number of hydrogen-bond acceptors (Lipinski definition) is 6. The molecule has 0 unspecified atom stereocenters. The van der Waals surface area contributed by atoms with Gasteiger partial charge in [0.15, 0.2) is 0 Å². The van der Waals surface area contributed by atoms with Crippen LogP contribution in [0.3, 0.4) is 0 Å². The van der Waals surface area contributed by atoms with Gasteiger partial charge in [-0.2, -0.15) is 5.10 Å². The van der Waals surface area contributed by atoms with E-state index in [1.165, 1.54) is 40.6 Å². The molecular formula is C14H13N5O3S. The summed E-state index contributed by atoms with van der Waals surface area (Å²) < 4.78 is 3.12. The van der Waals surface area contributed by atoms with E-state index in [1.807, 2.05) is 5.38 Å². The summed E-state index contributed by atoms with van der Waals surface area (Å²) in [5.41, 5.74) is 0.209. The number of nitrogens with one attached hydrogen (secondary N) is 1. The van der Waals surface area contributed by atoms with Crippen LogP contribution in [0.2, 0.25) is 0 Å². The van der Waals surface area contributed by atoms with Crippen LogP contribution in [0.25, 0.3) is 10.2 Å². The molecule has 0 aliphatic heterocycles. The largest absolute Gasteiger partial charge is 0.353 e. The number of amides is 1. The van der Waals surface area contributed by atoms with Gasteiger partial charge in [-0.15, -0.1) is 11.3 Å². The van der Waals surface area contributed by atoms with Crippen molar-refractivity contribution in [2.24, 2.45) is 0 Å². The topological polar surface area (TPSA) is 98.9 Å². The number of carbonyl (C=O) groups is 1. The zero-order chi connectivity index (χ0) is 16.2. The summed E-state index contributed by atoms with van der Waals surface area (Å²) in [6, 6.07) is 4.64. The van der Waals surface area contributed by atoms with Crippen LogP contribution in [0.5, 0.6) is 0 Å². The van der Waals surface area contributed by atoms with Crippen molar-refractivity contribution >= 4 is 27.5 Å². The summed E-state index contributed by atoms with van der Waals surface area (Å²) in [5.74, 6) is -0.344. The fourth-order valence-corrected chi connectivity index (χ4v) is 2.84. The molecule has 118 valence electrons. The number of hydrogen-bond donors (Lipinski definition) is 1. The summed E-state index contributed by atoms with van der Waals surface area (Å²) in [6.45, 7) is 0.415. The van der Waals surface area contributed by atoms with Crippen LogP contribution >= 0.6 is 11.3 Å². The van der Waals surface area contributed by atoms with E-state index in [0.717, 1.165) is 4.68 Å². The summed E-state index contributed by atoms with van der Waals surface area (Å²) >= 11 is 1.34. The molecule has 0 saturated carbocycles. The Bertz CT molecular complexity index is 958. The van der Waals surface area contributed by atoms with Crippen LogP contribution in [0, 0.1) is 0 Å². The van der Waals surface area contributed by atoms with E-state index in [9.17, 15) is 14.4 Å². The van der Waals surface area contributed by atoms with Crippen LogP contribution < -0.4 is 16.4 Å². The average molecular weight is 331 g/mol. The molecule has 0 atom stereocenters. The van der Waals surface area contributed by atoms with Gasteiger partial charge in [0.05, 0.1) is 11.8 Å². The van der Waals surface area contributed by atoms with Crippen molar-refractivity contribution in [3.63, 3.8) is 0 Å². The van der Waals surface area contributed by atoms with Gasteiger partial charge in [0.1, 0.15) is 11.2 Å². The van der Waals surface area contributed by atoms with Crippen LogP contribution in [-0.2, 0) is 17.9 Å². The van der Waals surface area contributed by atoms with Gasteiger partial charge in [-0.3, -0.25) is 19.0 Å². The van der Waals surface area contributed by atoms with E-state index < -0.39 is 0 Å². The fraction of sp³-hybridized carbons (Fsp3) is 0.214. The molecule has 0 aromatic carbocycles. The Morgan fingerprint density at radius 3 is 3.00 bits per heavy atom. The van der Waals surface area contributed by atoms with Crippen LogP contribution in [-0.4, -0.2) is 31.8 Å². The van der Waals surface area contributed by atoms with Gasteiger partial charge in [-0.25, -0.2) is 9.67 Å². The van der Waals surface area contributed by atoms with Crippen molar-refractivity contribution in [1.29, 1.82) is 0 Å². The predicted molar refractivity (Wildman–Crippen MR) is 85.4 cm³/mol. The first kappa shape index (κ1) is 15.1. The normalized spacial score (nSPS) is 10.8. The van der Waals surface area contributed by atoms with Gasteiger partial charge in [0, 0.05) is 25.4 Å². The van der Waals surface area contributed by atoms with E-state index in [4.69, 9.17) is 0 Å². The van der Waals surface area contributed by atoms with E-state index >= 15 is 0 Å². The monoisotopic (exact) mass is 331 g/mol. The Hall–Kier alpha value is -2.81. The summed E-state index contributed by atoms with van der Waals surface area (Å²) in [7, 11) is 0. The van der Waals surface area contributed by atoms with Gasteiger partial charge < -0.3 is 5.32 Å². The first-order chi connectivity index (χ1) is 11.1. The third-order valence-electron chi connectivity index (χ3n) is 3.19. The minimum absolute atomic E-state index is 0.125. The number of nitrogens with zero attached hydrogens (tertiary/aromatic N) is 4. The first-order valence-corrected chi connectivity index (χ1v) is 7.74. The SMILES string of the molecule is O=C(Cn1ncccc1=O)NCCn1cnc2ccsc2c1=O. The van der Waals surface area contributed by atoms with E-state index in [0.29, 0.717) is 16.8 Å². The Balaban J connectivity index is 1.59. The third-order valence-corrected chi connectivity index (χ3v) is 4.08. The fourth-order valence-electron chi connectivity index (χ4n) is 2.05. The Morgan fingerprint density at radius 1 is 1.30 bits per heavy atom. The van der Waals surface area contributed by atoms with Gasteiger partial charge in [-0.05, 0) is 17.5 Å². The van der Waals surface area contributed by atoms with Gasteiger partial charge >= 0.3 is 0 Å². The number of rotatable bonds is 5. The highest BCUT2D eigenvalue weighted by Gasteiger charge is 2.07. The van der Waals surface area contributed by atoms with Crippen molar-refractivity contribution in [3.8, 4) is 0 Å². The lowest BCUT2D eigenvalue weighted by atomic mass is 10.4. The van der Waals surface area contributed by atoms with Gasteiger partial charge in [-0.1, -0.05) is 0 Å². The summed E-state index contributed by atoms with van der Waals surface area (Å²) in [5, 5.41) is 8.27. The van der Waals surface area contributed by atoms with Gasteiger partial charge in [0.25, 0.3) is 11.1 Å². The van der Waals surface area contributed by atoms with E-state index in [-0.39, 0.29) is 30.1 Å². The highest BCUT2D eigenvalue weighted by molar-refractivity contribution is 7.17. The Kier molecular flexibility index (Phi) is 4.29. The standard InChI is InChI=1S/C14H13N5O3S/c20-11(8-19-12(21)2-1-4-17-19)15-5-6-18-9-16-10-3-7-23-13(10)14(18)22/h1-4,7,9H,5-6,8H2,(H,15,20). The lowest BCUT2D eigenvalue weighted by Gasteiger charge is -2.08. The molecule has 0 aliphatic rings. The van der Waals surface area contributed by atoms with Crippen LogP contribution in [0.1, 0.15) is 0 Å². The minimum atomic E-state index is -0.344. The maximum atomic E-state index is 12.2. The third kappa shape index (κ3) is 3.34. The predicted octanol–water partition coefficient (Wildman–Crippen LogP) is -0.169. The molecule has 1 N–H and O–H groups in total. The zero-order valence-electron chi connectivity index (χ0n) is 12.0. The molecule has 1 amide bonds. The van der Waals surface area contributed by atoms with Crippen LogP contribution in [0.4, 0.5) is 0 Å². The smallest absolute Gasteiger partial charge is 0.271 e. The Morgan fingerprint density at radius 2 is 2.17 bits per heavy atom. The molecule has 0 bridgehead atoms. The maximum absolute atomic E-state index is 12.2. The van der Waals surface area contributed by atoms with E-state index in [2.05, 4.69) is 15.4 Å². The molecule has 3 rings (SSSR count). The molecular weight excluding hydrogens is 318 g/mol. The molecule has 8 nitrogen and oxygen atoms in total.